The summed E-state index contributed by atoms with van der Waals surface area (Å²) in [5, 5.41) is 1.90. The van der Waals surface area contributed by atoms with E-state index in [4.69, 9.17) is 15.2 Å². The molecule has 5 heteroatoms. The Morgan fingerprint density at radius 2 is 2.00 bits per heavy atom. The topological polar surface area (TPSA) is 59.8 Å². The summed E-state index contributed by atoms with van der Waals surface area (Å²) < 4.78 is 11.0. The predicted octanol–water partition coefficient (Wildman–Crippen LogP) is 0.524. The summed E-state index contributed by atoms with van der Waals surface area (Å²) in [7, 11) is 3.89. The lowest BCUT2D eigenvalue weighted by Gasteiger charge is -2.24. The van der Waals surface area contributed by atoms with Crippen molar-refractivity contribution in [1.82, 2.24) is 10.4 Å². The first-order valence-corrected chi connectivity index (χ1v) is 5.74. The minimum Gasteiger partial charge on any atom is -0.486 e. The Morgan fingerprint density at radius 1 is 1.29 bits per heavy atom. The van der Waals surface area contributed by atoms with Gasteiger partial charge in [-0.25, -0.2) is 10.4 Å². The van der Waals surface area contributed by atoms with Gasteiger partial charge >= 0.3 is 0 Å². The lowest BCUT2D eigenvalue weighted by atomic mass is 10.1. The molecule has 0 fully saturated rings. The maximum atomic E-state index is 5.77. The van der Waals surface area contributed by atoms with E-state index in [0.717, 1.165) is 17.1 Å². The molecule has 1 heterocycles. The minimum atomic E-state index is 0.0841. The molecule has 1 unspecified atom stereocenters. The van der Waals surface area contributed by atoms with Gasteiger partial charge in [0, 0.05) is 20.6 Å². The fourth-order valence-electron chi connectivity index (χ4n) is 1.85. The molecule has 0 saturated heterocycles. The van der Waals surface area contributed by atoms with Gasteiger partial charge in [-0.2, -0.15) is 0 Å². The molecule has 1 aromatic carbocycles. The van der Waals surface area contributed by atoms with Crippen LogP contribution in [0.25, 0.3) is 0 Å². The average molecular weight is 237 g/mol. The zero-order chi connectivity index (χ0) is 12.3. The van der Waals surface area contributed by atoms with Crippen LogP contribution in [-0.4, -0.2) is 38.9 Å². The molecular weight excluding hydrogens is 218 g/mol. The van der Waals surface area contributed by atoms with Gasteiger partial charge in [0.15, 0.2) is 11.5 Å². The third-order valence-corrected chi connectivity index (χ3v) is 2.62. The van der Waals surface area contributed by atoms with E-state index in [1.54, 1.807) is 0 Å². The zero-order valence-electron chi connectivity index (χ0n) is 10.3. The van der Waals surface area contributed by atoms with Gasteiger partial charge in [-0.1, -0.05) is 6.07 Å². The highest BCUT2D eigenvalue weighted by Gasteiger charge is 2.16. The molecule has 0 spiro atoms. The van der Waals surface area contributed by atoms with Crippen molar-refractivity contribution in [3.8, 4) is 11.5 Å². The molecule has 0 amide bonds. The molecule has 5 nitrogen and oxygen atoms in total. The highest BCUT2D eigenvalue weighted by molar-refractivity contribution is 5.44. The molecular formula is C12H19N3O2. The van der Waals surface area contributed by atoms with Crippen molar-refractivity contribution < 1.29 is 9.47 Å². The van der Waals surface area contributed by atoms with Crippen LogP contribution in [-0.2, 0) is 0 Å². The number of rotatable bonds is 4. The maximum absolute atomic E-state index is 5.77. The summed E-state index contributed by atoms with van der Waals surface area (Å²) in [4.78, 5) is 0. The van der Waals surface area contributed by atoms with Gasteiger partial charge in [-0.3, -0.25) is 0 Å². The maximum Gasteiger partial charge on any atom is 0.161 e. The standard InChI is InChI=1S/C12H19N3O2/c1-15(2)14-10(8-13)9-3-4-11-12(7-9)17-6-5-16-11/h3-4,7,10,14H,5-6,8,13H2,1-2H3. The van der Waals surface area contributed by atoms with E-state index in [1.165, 1.54) is 0 Å². The Labute approximate surface area is 101 Å². The Kier molecular flexibility index (Phi) is 3.83. The van der Waals surface area contributed by atoms with Crippen molar-refractivity contribution in [2.75, 3.05) is 33.9 Å². The molecule has 0 saturated carbocycles. The van der Waals surface area contributed by atoms with Crippen molar-refractivity contribution >= 4 is 0 Å². The summed E-state index contributed by atoms with van der Waals surface area (Å²) >= 11 is 0. The van der Waals surface area contributed by atoms with Gasteiger partial charge in [-0.15, -0.1) is 0 Å². The SMILES string of the molecule is CN(C)NC(CN)c1ccc2c(c1)OCCO2. The Morgan fingerprint density at radius 3 is 2.65 bits per heavy atom. The molecule has 0 bridgehead atoms. The highest BCUT2D eigenvalue weighted by atomic mass is 16.6. The van der Waals surface area contributed by atoms with Crippen LogP contribution in [0.3, 0.4) is 0 Å². The number of hydrazine groups is 1. The minimum absolute atomic E-state index is 0.0841. The van der Waals surface area contributed by atoms with E-state index in [0.29, 0.717) is 19.8 Å². The van der Waals surface area contributed by atoms with Crippen LogP contribution in [0, 0.1) is 0 Å². The van der Waals surface area contributed by atoms with Crippen LogP contribution in [0.2, 0.25) is 0 Å². The van der Waals surface area contributed by atoms with Gasteiger partial charge in [0.1, 0.15) is 13.2 Å². The normalized spacial score (nSPS) is 16.0. The number of hydrogen-bond acceptors (Lipinski definition) is 5. The first kappa shape index (κ1) is 12.2. The van der Waals surface area contributed by atoms with Gasteiger partial charge in [0.2, 0.25) is 0 Å². The second-order valence-electron chi connectivity index (χ2n) is 4.21. The number of ether oxygens (including phenoxy) is 2. The number of nitrogens with two attached hydrogens (primary N) is 1. The summed E-state index contributed by atoms with van der Waals surface area (Å²) in [6, 6.07) is 6.02. The van der Waals surface area contributed by atoms with Gasteiger partial charge in [0.25, 0.3) is 0 Å². The van der Waals surface area contributed by atoms with E-state index >= 15 is 0 Å². The lowest BCUT2D eigenvalue weighted by Crippen LogP contribution is -2.38. The fourth-order valence-corrected chi connectivity index (χ4v) is 1.85. The lowest BCUT2D eigenvalue weighted by molar-refractivity contribution is 0.171. The highest BCUT2D eigenvalue weighted by Crippen LogP contribution is 2.32. The molecule has 0 aromatic heterocycles. The fraction of sp³-hybridized carbons (Fsp3) is 0.500. The smallest absolute Gasteiger partial charge is 0.161 e. The van der Waals surface area contributed by atoms with E-state index < -0.39 is 0 Å². The number of hydrogen-bond donors (Lipinski definition) is 2. The number of nitrogens with zero attached hydrogens (tertiary/aromatic N) is 1. The van der Waals surface area contributed by atoms with Gasteiger partial charge < -0.3 is 15.2 Å². The van der Waals surface area contributed by atoms with E-state index in [-0.39, 0.29) is 6.04 Å². The monoisotopic (exact) mass is 237 g/mol. The molecule has 1 aromatic rings. The third-order valence-electron chi connectivity index (χ3n) is 2.62. The van der Waals surface area contributed by atoms with Crippen molar-refractivity contribution in [3.63, 3.8) is 0 Å². The first-order chi connectivity index (χ1) is 8.20. The van der Waals surface area contributed by atoms with Crippen LogP contribution < -0.4 is 20.6 Å². The Balaban J connectivity index is 2.19. The average Bonchev–Trinajstić information content (AvgIpc) is 2.35. The quantitative estimate of drug-likeness (QED) is 0.748. The zero-order valence-corrected chi connectivity index (χ0v) is 10.3. The van der Waals surface area contributed by atoms with Crippen LogP contribution in [0.4, 0.5) is 0 Å². The number of benzene rings is 1. The predicted molar refractivity (Wildman–Crippen MR) is 66.1 cm³/mol. The second kappa shape index (κ2) is 5.35. The molecule has 17 heavy (non-hydrogen) atoms. The van der Waals surface area contributed by atoms with Gasteiger partial charge in [0.05, 0.1) is 6.04 Å². The van der Waals surface area contributed by atoms with Crippen LogP contribution in [0.15, 0.2) is 18.2 Å². The molecule has 0 aliphatic carbocycles. The summed E-state index contributed by atoms with van der Waals surface area (Å²) in [5.74, 6) is 1.60. The molecule has 1 aliphatic rings. The largest absolute Gasteiger partial charge is 0.486 e. The summed E-state index contributed by atoms with van der Waals surface area (Å²) in [6.45, 7) is 1.74. The Hall–Kier alpha value is -1.30. The van der Waals surface area contributed by atoms with E-state index in [1.807, 2.05) is 37.3 Å². The molecule has 1 atom stereocenters. The summed E-state index contributed by atoms with van der Waals surface area (Å²) in [5.41, 5.74) is 10.1. The van der Waals surface area contributed by atoms with Crippen molar-refractivity contribution in [2.24, 2.45) is 5.73 Å². The molecule has 94 valence electrons. The van der Waals surface area contributed by atoms with E-state index in [2.05, 4.69) is 5.43 Å². The number of nitrogens with one attached hydrogen (secondary N) is 1. The molecule has 0 radical (unpaired) electrons. The van der Waals surface area contributed by atoms with E-state index in [9.17, 15) is 0 Å². The van der Waals surface area contributed by atoms with Crippen LogP contribution in [0.5, 0.6) is 11.5 Å². The van der Waals surface area contributed by atoms with Crippen LogP contribution >= 0.6 is 0 Å². The number of fused-ring (bicyclic) bond motifs is 1. The summed E-state index contributed by atoms with van der Waals surface area (Å²) in [6.07, 6.45) is 0. The molecule has 3 N–H and O–H groups in total. The van der Waals surface area contributed by atoms with Gasteiger partial charge in [-0.05, 0) is 17.7 Å². The van der Waals surface area contributed by atoms with Crippen molar-refractivity contribution in [2.45, 2.75) is 6.04 Å². The van der Waals surface area contributed by atoms with Crippen molar-refractivity contribution in [3.05, 3.63) is 23.8 Å². The molecule has 1 aliphatic heterocycles. The Bertz CT molecular complexity index is 382. The van der Waals surface area contributed by atoms with Crippen LogP contribution in [0.1, 0.15) is 11.6 Å². The first-order valence-electron chi connectivity index (χ1n) is 5.74. The van der Waals surface area contributed by atoms with Crippen molar-refractivity contribution in [1.29, 1.82) is 0 Å². The second-order valence-corrected chi connectivity index (χ2v) is 4.21. The third kappa shape index (κ3) is 2.88. The molecule has 2 rings (SSSR count).